The van der Waals surface area contributed by atoms with Crippen LogP contribution in [0.2, 0.25) is 0 Å². The number of hydrogen-bond donors (Lipinski definition) is 0. The van der Waals surface area contributed by atoms with Crippen LogP contribution in [0, 0.1) is 0 Å². The first-order valence-corrected chi connectivity index (χ1v) is 5.76. The lowest BCUT2D eigenvalue weighted by Crippen LogP contribution is -2.40. The van der Waals surface area contributed by atoms with E-state index in [4.69, 9.17) is 4.74 Å². The maximum Gasteiger partial charge on any atom is 0.223 e. The first-order chi connectivity index (χ1) is 6.27. The van der Waals surface area contributed by atoms with E-state index in [1.54, 1.807) is 7.11 Å². The van der Waals surface area contributed by atoms with Crippen molar-refractivity contribution in [3.8, 4) is 0 Å². The SMILES string of the molecule is COC1CCN(C(=O)CCBr)CC1. The quantitative estimate of drug-likeness (QED) is 0.709. The van der Waals surface area contributed by atoms with E-state index in [1.807, 2.05) is 4.90 Å². The van der Waals surface area contributed by atoms with Gasteiger partial charge in [0.05, 0.1) is 6.10 Å². The van der Waals surface area contributed by atoms with Crippen LogP contribution in [0.5, 0.6) is 0 Å². The average molecular weight is 250 g/mol. The molecular weight excluding hydrogens is 234 g/mol. The zero-order chi connectivity index (χ0) is 9.68. The van der Waals surface area contributed by atoms with Crippen LogP contribution in [-0.2, 0) is 9.53 Å². The molecule has 0 unspecified atom stereocenters. The third kappa shape index (κ3) is 3.27. The summed E-state index contributed by atoms with van der Waals surface area (Å²) in [7, 11) is 1.74. The average Bonchev–Trinajstić information content (AvgIpc) is 2.18. The molecule has 0 aromatic heterocycles. The second kappa shape index (κ2) is 5.60. The van der Waals surface area contributed by atoms with E-state index >= 15 is 0 Å². The third-order valence-corrected chi connectivity index (χ3v) is 2.83. The second-order valence-electron chi connectivity index (χ2n) is 3.25. The van der Waals surface area contributed by atoms with Crippen molar-refractivity contribution in [2.45, 2.75) is 25.4 Å². The molecule has 0 spiro atoms. The highest BCUT2D eigenvalue weighted by atomic mass is 79.9. The molecule has 13 heavy (non-hydrogen) atoms. The molecule has 0 aliphatic carbocycles. The predicted octanol–water partition coefficient (Wildman–Crippen LogP) is 1.41. The number of carbonyl (C=O) groups is 1. The Balaban J connectivity index is 2.28. The molecule has 0 bridgehead atoms. The van der Waals surface area contributed by atoms with Crippen LogP contribution in [-0.4, -0.2) is 42.4 Å². The number of piperidine rings is 1. The van der Waals surface area contributed by atoms with Gasteiger partial charge in [-0.1, -0.05) is 15.9 Å². The minimum absolute atomic E-state index is 0.256. The van der Waals surface area contributed by atoms with E-state index in [0.717, 1.165) is 31.3 Å². The predicted molar refractivity (Wildman–Crippen MR) is 55.0 cm³/mol. The van der Waals surface area contributed by atoms with Crippen LogP contribution in [0.25, 0.3) is 0 Å². The number of alkyl halides is 1. The zero-order valence-electron chi connectivity index (χ0n) is 7.96. The summed E-state index contributed by atoms with van der Waals surface area (Å²) in [5.74, 6) is 0.256. The number of carbonyl (C=O) groups excluding carboxylic acids is 1. The van der Waals surface area contributed by atoms with Gasteiger partial charge in [0.15, 0.2) is 0 Å². The van der Waals surface area contributed by atoms with E-state index < -0.39 is 0 Å². The number of likely N-dealkylation sites (tertiary alicyclic amines) is 1. The van der Waals surface area contributed by atoms with E-state index in [9.17, 15) is 4.79 Å². The second-order valence-corrected chi connectivity index (χ2v) is 4.05. The van der Waals surface area contributed by atoms with E-state index in [-0.39, 0.29) is 5.91 Å². The molecule has 0 atom stereocenters. The van der Waals surface area contributed by atoms with Gasteiger partial charge < -0.3 is 9.64 Å². The first kappa shape index (κ1) is 11.0. The van der Waals surface area contributed by atoms with Crippen LogP contribution in [0.3, 0.4) is 0 Å². The highest BCUT2D eigenvalue weighted by Crippen LogP contribution is 2.13. The fraction of sp³-hybridized carbons (Fsp3) is 0.889. The Kier molecular flexibility index (Phi) is 4.73. The molecule has 0 aromatic carbocycles. The lowest BCUT2D eigenvalue weighted by Gasteiger charge is -2.31. The molecule has 0 N–H and O–H groups in total. The molecule has 3 nitrogen and oxygen atoms in total. The minimum Gasteiger partial charge on any atom is -0.381 e. The summed E-state index contributed by atoms with van der Waals surface area (Å²) >= 11 is 3.27. The summed E-state index contributed by atoms with van der Waals surface area (Å²) in [5.41, 5.74) is 0. The van der Waals surface area contributed by atoms with Crippen LogP contribution in [0.1, 0.15) is 19.3 Å². The Hall–Kier alpha value is -0.0900. The number of rotatable bonds is 3. The van der Waals surface area contributed by atoms with Crippen LogP contribution >= 0.6 is 15.9 Å². The van der Waals surface area contributed by atoms with Crippen molar-refractivity contribution in [2.24, 2.45) is 0 Å². The van der Waals surface area contributed by atoms with E-state index in [2.05, 4.69) is 15.9 Å². The van der Waals surface area contributed by atoms with Crippen molar-refractivity contribution in [3.05, 3.63) is 0 Å². The molecule has 76 valence electrons. The standard InChI is InChI=1S/C9H16BrNO2/c1-13-8-3-6-11(7-4-8)9(12)2-5-10/h8H,2-7H2,1H3. The number of ether oxygens (including phenoxy) is 1. The lowest BCUT2D eigenvalue weighted by molar-refractivity contribution is -0.133. The van der Waals surface area contributed by atoms with Gasteiger partial charge in [0.2, 0.25) is 5.91 Å². The third-order valence-electron chi connectivity index (χ3n) is 2.44. The number of halogens is 1. The van der Waals surface area contributed by atoms with Gasteiger partial charge in [-0.25, -0.2) is 0 Å². The van der Waals surface area contributed by atoms with Gasteiger partial charge in [0.1, 0.15) is 0 Å². The van der Waals surface area contributed by atoms with Gasteiger partial charge in [-0.2, -0.15) is 0 Å². The van der Waals surface area contributed by atoms with Crippen molar-refractivity contribution in [2.75, 3.05) is 25.5 Å². The normalized spacial score (nSPS) is 19.1. The Morgan fingerprint density at radius 1 is 1.54 bits per heavy atom. The highest BCUT2D eigenvalue weighted by molar-refractivity contribution is 9.09. The van der Waals surface area contributed by atoms with Gasteiger partial charge in [0, 0.05) is 32.0 Å². The van der Waals surface area contributed by atoms with E-state index in [0.29, 0.717) is 12.5 Å². The largest absolute Gasteiger partial charge is 0.381 e. The maximum atomic E-state index is 11.4. The molecule has 4 heteroatoms. The van der Waals surface area contributed by atoms with Crippen molar-refractivity contribution in [3.63, 3.8) is 0 Å². The van der Waals surface area contributed by atoms with Gasteiger partial charge in [0.25, 0.3) is 0 Å². The molecule has 1 saturated heterocycles. The fourth-order valence-electron chi connectivity index (χ4n) is 1.58. The number of methoxy groups -OCH3 is 1. The summed E-state index contributed by atoms with van der Waals surface area (Å²) < 4.78 is 5.23. The molecule has 0 radical (unpaired) electrons. The molecule has 0 saturated carbocycles. The van der Waals surface area contributed by atoms with Crippen molar-refractivity contribution < 1.29 is 9.53 Å². The molecule has 0 aromatic rings. The van der Waals surface area contributed by atoms with Crippen LogP contribution in [0.4, 0.5) is 0 Å². The van der Waals surface area contributed by atoms with Crippen molar-refractivity contribution in [1.82, 2.24) is 4.90 Å². The topological polar surface area (TPSA) is 29.5 Å². The molecule has 1 aliphatic rings. The van der Waals surface area contributed by atoms with Crippen molar-refractivity contribution >= 4 is 21.8 Å². The van der Waals surface area contributed by atoms with Crippen LogP contribution in [0.15, 0.2) is 0 Å². The summed E-state index contributed by atoms with van der Waals surface area (Å²) in [6.45, 7) is 1.70. The molecule has 1 fully saturated rings. The molecular formula is C9H16BrNO2. The molecule has 1 rings (SSSR count). The molecule has 1 heterocycles. The Labute approximate surface area is 87.6 Å². The molecule has 1 aliphatic heterocycles. The minimum atomic E-state index is 0.256. The lowest BCUT2D eigenvalue weighted by atomic mass is 10.1. The van der Waals surface area contributed by atoms with Gasteiger partial charge in [-0.3, -0.25) is 4.79 Å². The Morgan fingerprint density at radius 3 is 2.62 bits per heavy atom. The highest BCUT2D eigenvalue weighted by Gasteiger charge is 2.21. The summed E-state index contributed by atoms with van der Waals surface area (Å²) in [6.07, 6.45) is 2.92. The summed E-state index contributed by atoms with van der Waals surface area (Å²) in [6, 6.07) is 0. The maximum absolute atomic E-state index is 11.4. The Bertz CT molecular complexity index is 167. The summed E-state index contributed by atoms with van der Waals surface area (Å²) in [4.78, 5) is 13.4. The monoisotopic (exact) mass is 249 g/mol. The van der Waals surface area contributed by atoms with Gasteiger partial charge >= 0.3 is 0 Å². The fourth-order valence-corrected chi connectivity index (χ4v) is 1.92. The number of amides is 1. The Morgan fingerprint density at radius 2 is 2.15 bits per heavy atom. The van der Waals surface area contributed by atoms with E-state index in [1.165, 1.54) is 0 Å². The number of hydrogen-bond acceptors (Lipinski definition) is 2. The number of nitrogens with zero attached hydrogens (tertiary/aromatic N) is 1. The first-order valence-electron chi connectivity index (χ1n) is 4.64. The molecule has 1 amide bonds. The smallest absolute Gasteiger partial charge is 0.223 e. The van der Waals surface area contributed by atoms with Gasteiger partial charge in [-0.05, 0) is 12.8 Å². The summed E-state index contributed by atoms with van der Waals surface area (Å²) in [5, 5.41) is 0.760. The van der Waals surface area contributed by atoms with Gasteiger partial charge in [-0.15, -0.1) is 0 Å². The van der Waals surface area contributed by atoms with Crippen LogP contribution < -0.4 is 0 Å². The van der Waals surface area contributed by atoms with Crippen molar-refractivity contribution in [1.29, 1.82) is 0 Å². The zero-order valence-corrected chi connectivity index (χ0v) is 9.55.